The standard InChI is InChI=1S/C9H16O3/c1-2-3-4-5-6-8(11)9(12)7-10/h7,10,12H,2-6H2,1H3/b9-7-. The van der Waals surface area contributed by atoms with Crippen LogP contribution >= 0.6 is 0 Å². The van der Waals surface area contributed by atoms with E-state index in [1.165, 1.54) is 0 Å². The lowest BCUT2D eigenvalue weighted by atomic mass is 10.1. The lowest BCUT2D eigenvalue weighted by molar-refractivity contribution is -0.118. The van der Waals surface area contributed by atoms with E-state index in [2.05, 4.69) is 6.92 Å². The summed E-state index contributed by atoms with van der Waals surface area (Å²) in [4.78, 5) is 10.9. The van der Waals surface area contributed by atoms with E-state index in [1.54, 1.807) is 0 Å². The van der Waals surface area contributed by atoms with Gasteiger partial charge in [-0.25, -0.2) is 0 Å². The van der Waals surface area contributed by atoms with Gasteiger partial charge in [-0.15, -0.1) is 0 Å². The van der Waals surface area contributed by atoms with E-state index in [1.807, 2.05) is 0 Å². The summed E-state index contributed by atoms with van der Waals surface area (Å²) in [6.07, 6.45) is 4.78. The van der Waals surface area contributed by atoms with Crippen LogP contribution in [0.2, 0.25) is 0 Å². The van der Waals surface area contributed by atoms with E-state index >= 15 is 0 Å². The first-order valence-electron chi connectivity index (χ1n) is 4.29. The number of Topliss-reactive ketones (excluding diaryl/α,β-unsaturated/α-hetero) is 1. The van der Waals surface area contributed by atoms with Gasteiger partial charge in [-0.1, -0.05) is 26.2 Å². The van der Waals surface area contributed by atoms with Gasteiger partial charge in [-0.3, -0.25) is 4.79 Å². The van der Waals surface area contributed by atoms with Crippen LogP contribution in [0.3, 0.4) is 0 Å². The number of rotatable bonds is 6. The highest BCUT2D eigenvalue weighted by molar-refractivity contribution is 5.92. The molecule has 0 unspecified atom stereocenters. The fraction of sp³-hybridized carbons (Fsp3) is 0.667. The molecule has 0 aromatic carbocycles. The molecule has 0 aliphatic heterocycles. The molecule has 0 heterocycles. The normalized spacial score (nSPS) is 11.6. The Morgan fingerprint density at radius 3 is 2.50 bits per heavy atom. The highest BCUT2D eigenvalue weighted by atomic mass is 16.3. The molecule has 0 spiro atoms. The SMILES string of the molecule is CCCCCCC(=O)/C(O)=C/O. The van der Waals surface area contributed by atoms with Gasteiger partial charge in [0.15, 0.2) is 11.5 Å². The van der Waals surface area contributed by atoms with Gasteiger partial charge in [0.25, 0.3) is 0 Å². The number of ketones is 1. The van der Waals surface area contributed by atoms with Gasteiger partial charge in [-0.2, -0.15) is 0 Å². The van der Waals surface area contributed by atoms with E-state index in [-0.39, 0.29) is 5.78 Å². The fourth-order valence-electron chi connectivity index (χ4n) is 0.912. The monoisotopic (exact) mass is 172 g/mol. The number of allylic oxidation sites excluding steroid dienone is 1. The Morgan fingerprint density at radius 2 is 2.00 bits per heavy atom. The molecule has 0 saturated heterocycles. The van der Waals surface area contributed by atoms with Crippen LogP contribution in [0.4, 0.5) is 0 Å². The largest absolute Gasteiger partial charge is 0.512 e. The summed E-state index contributed by atoms with van der Waals surface area (Å²) in [7, 11) is 0. The molecule has 0 fully saturated rings. The minimum absolute atomic E-state index is 0.322. The molecule has 0 amide bonds. The maximum Gasteiger partial charge on any atom is 0.200 e. The van der Waals surface area contributed by atoms with Crippen molar-refractivity contribution in [3.8, 4) is 0 Å². The molecule has 0 aromatic rings. The minimum atomic E-state index is -0.536. The smallest absolute Gasteiger partial charge is 0.200 e. The van der Waals surface area contributed by atoms with Crippen LogP contribution in [0.15, 0.2) is 12.0 Å². The summed E-state index contributed by atoms with van der Waals surface area (Å²) < 4.78 is 0. The van der Waals surface area contributed by atoms with Crippen molar-refractivity contribution in [2.24, 2.45) is 0 Å². The Kier molecular flexibility index (Phi) is 6.15. The maximum absolute atomic E-state index is 10.9. The van der Waals surface area contributed by atoms with Gasteiger partial charge in [0, 0.05) is 6.42 Å². The third kappa shape index (κ3) is 4.77. The number of aliphatic hydroxyl groups is 2. The third-order valence-corrected chi connectivity index (χ3v) is 1.67. The zero-order valence-electron chi connectivity index (χ0n) is 7.42. The molecule has 0 rings (SSSR count). The lowest BCUT2D eigenvalue weighted by Crippen LogP contribution is -2.01. The van der Waals surface area contributed by atoms with E-state index in [0.29, 0.717) is 12.7 Å². The predicted octanol–water partition coefficient (Wildman–Crippen LogP) is 2.48. The number of hydrogen-bond acceptors (Lipinski definition) is 3. The van der Waals surface area contributed by atoms with Crippen LogP contribution in [0.25, 0.3) is 0 Å². The van der Waals surface area contributed by atoms with Crippen molar-refractivity contribution < 1.29 is 15.0 Å². The van der Waals surface area contributed by atoms with Crippen LogP contribution in [0.1, 0.15) is 39.0 Å². The van der Waals surface area contributed by atoms with Crippen molar-refractivity contribution in [2.45, 2.75) is 39.0 Å². The van der Waals surface area contributed by atoms with Crippen molar-refractivity contribution in [3.05, 3.63) is 12.0 Å². The highest BCUT2D eigenvalue weighted by Crippen LogP contribution is 2.05. The first kappa shape index (κ1) is 11.0. The zero-order valence-corrected chi connectivity index (χ0v) is 7.42. The molecular formula is C9H16O3. The molecule has 70 valence electrons. The van der Waals surface area contributed by atoms with Crippen LogP contribution in [-0.4, -0.2) is 16.0 Å². The Labute approximate surface area is 72.7 Å². The summed E-state index contributed by atoms with van der Waals surface area (Å²) in [5.41, 5.74) is 0. The fourth-order valence-corrected chi connectivity index (χ4v) is 0.912. The summed E-state index contributed by atoms with van der Waals surface area (Å²) >= 11 is 0. The second-order valence-corrected chi connectivity index (χ2v) is 2.75. The Bertz CT molecular complexity index is 161. The van der Waals surface area contributed by atoms with Crippen molar-refractivity contribution in [3.63, 3.8) is 0 Å². The summed E-state index contributed by atoms with van der Waals surface area (Å²) in [5.74, 6) is -0.917. The average Bonchev–Trinajstić information content (AvgIpc) is 2.10. The molecule has 0 saturated carbocycles. The van der Waals surface area contributed by atoms with Crippen LogP contribution < -0.4 is 0 Å². The molecular weight excluding hydrogens is 156 g/mol. The van der Waals surface area contributed by atoms with E-state index in [4.69, 9.17) is 10.2 Å². The zero-order chi connectivity index (χ0) is 9.40. The predicted molar refractivity (Wildman–Crippen MR) is 47.1 cm³/mol. The molecule has 12 heavy (non-hydrogen) atoms. The molecule has 3 heteroatoms. The third-order valence-electron chi connectivity index (χ3n) is 1.67. The summed E-state index contributed by atoms with van der Waals surface area (Å²) in [6, 6.07) is 0. The Hall–Kier alpha value is -0.990. The molecule has 0 atom stereocenters. The van der Waals surface area contributed by atoms with Crippen molar-refractivity contribution in [2.75, 3.05) is 0 Å². The Morgan fingerprint density at radius 1 is 1.33 bits per heavy atom. The lowest BCUT2D eigenvalue weighted by Gasteiger charge is -1.97. The number of carbonyl (C=O) groups is 1. The van der Waals surface area contributed by atoms with Crippen LogP contribution in [0, 0.1) is 0 Å². The van der Waals surface area contributed by atoms with Crippen molar-refractivity contribution >= 4 is 5.78 Å². The highest BCUT2D eigenvalue weighted by Gasteiger charge is 2.05. The van der Waals surface area contributed by atoms with Gasteiger partial charge in [-0.05, 0) is 6.42 Å². The molecule has 0 radical (unpaired) electrons. The van der Waals surface area contributed by atoms with E-state index in [0.717, 1.165) is 25.7 Å². The first-order chi connectivity index (χ1) is 5.72. The van der Waals surface area contributed by atoms with Gasteiger partial charge in [0.1, 0.15) is 6.26 Å². The van der Waals surface area contributed by atoms with Crippen molar-refractivity contribution in [1.82, 2.24) is 0 Å². The molecule has 0 aromatic heterocycles. The molecule has 0 bridgehead atoms. The topological polar surface area (TPSA) is 57.5 Å². The van der Waals surface area contributed by atoms with Gasteiger partial charge >= 0.3 is 0 Å². The second-order valence-electron chi connectivity index (χ2n) is 2.75. The Balaban J connectivity index is 3.45. The molecule has 3 nitrogen and oxygen atoms in total. The van der Waals surface area contributed by atoms with Gasteiger partial charge in [0.05, 0.1) is 0 Å². The minimum Gasteiger partial charge on any atom is -0.512 e. The number of aliphatic hydroxyl groups excluding tert-OH is 2. The summed E-state index contributed by atoms with van der Waals surface area (Å²) in [5, 5.41) is 17.0. The van der Waals surface area contributed by atoms with Gasteiger partial charge < -0.3 is 10.2 Å². The number of carbonyl (C=O) groups excluding carboxylic acids is 1. The van der Waals surface area contributed by atoms with E-state index in [9.17, 15) is 4.79 Å². The number of unbranched alkanes of at least 4 members (excludes halogenated alkanes) is 3. The van der Waals surface area contributed by atoms with Crippen LogP contribution in [0.5, 0.6) is 0 Å². The second kappa shape index (κ2) is 6.70. The molecule has 2 N–H and O–H groups in total. The van der Waals surface area contributed by atoms with Crippen LogP contribution in [-0.2, 0) is 4.79 Å². The van der Waals surface area contributed by atoms with E-state index < -0.39 is 5.76 Å². The first-order valence-corrected chi connectivity index (χ1v) is 4.29. The molecule has 0 aliphatic carbocycles. The summed E-state index contributed by atoms with van der Waals surface area (Å²) in [6.45, 7) is 2.09. The molecule has 0 aliphatic rings. The maximum atomic E-state index is 10.9. The number of hydrogen-bond donors (Lipinski definition) is 2. The van der Waals surface area contributed by atoms with Crippen molar-refractivity contribution in [1.29, 1.82) is 0 Å². The van der Waals surface area contributed by atoms with Gasteiger partial charge in [0.2, 0.25) is 0 Å². The average molecular weight is 172 g/mol. The quantitative estimate of drug-likeness (QED) is 0.367.